The van der Waals surface area contributed by atoms with E-state index in [2.05, 4.69) is 39.8 Å². The first-order valence-corrected chi connectivity index (χ1v) is 6.94. The summed E-state index contributed by atoms with van der Waals surface area (Å²) >= 11 is 1.85. The Kier molecular flexibility index (Phi) is 10.1. The van der Waals surface area contributed by atoms with E-state index in [4.69, 9.17) is 4.42 Å². The van der Waals surface area contributed by atoms with Crippen molar-refractivity contribution in [2.45, 2.75) is 41.5 Å². The van der Waals surface area contributed by atoms with E-state index in [0.29, 0.717) is 0 Å². The Balaban J connectivity index is 0. The largest absolute Gasteiger partial charge is 0.358 e. The second-order valence-electron chi connectivity index (χ2n) is 4.71. The van der Waals surface area contributed by atoms with Gasteiger partial charge in [-0.2, -0.15) is 0 Å². The van der Waals surface area contributed by atoms with Crippen LogP contribution in [-0.2, 0) is 0 Å². The molecule has 0 aliphatic heterocycles. The van der Waals surface area contributed by atoms with Gasteiger partial charge in [0, 0.05) is 38.1 Å². The van der Waals surface area contributed by atoms with Gasteiger partial charge in [-0.05, 0) is 25.0 Å². The maximum absolute atomic E-state index is 5.26. The smallest absolute Gasteiger partial charge is 0.326 e. The minimum atomic E-state index is 0. The molecule has 0 amide bonds. The molecule has 0 saturated carbocycles. The normalized spacial score (nSPS) is 8.70. The molecule has 0 aliphatic carbocycles. The zero-order valence-electron chi connectivity index (χ0n) is 14.1. The van der Waals surface area contributed by atoms with Crippen molar-refractivity contribution >= 4 is 11.3 Å². The van der Waals surface area contributed by atoms with Gasteiger partial charge in [-0.1, -0.05) is 0 Å². The third kappa shape index (κ3) is 8.00. The first-order chi connectivity index (χ1) is 8.36. The lowest BCUT2D eigenvalue weighted by molar-refractivity contribution is 0.484. The van der Waals surface area contributed by atoms with E-state index in [1.54, 1.807) is 0 Å². The van der Waals surface area contributed by atoms with Gasteiger partial charge in [0.15, 0.2) is 0 Å². The SMILES string of the molecule is Cc1cc(C)[o+]c(C)c1.Cc1cc(C)[s+]c(C)c1.[CH3-].[CH3-]. The molecule has 2 heterocycles. The van der Waals surface area contributed by atoms with Crippen molar-refractivity contribution in [3.05, 3.63) is 71.5 Å². The van der Waals surface area contributed by atoms with Crippen LogP contribution in [0.5, 0.6) is 0 Å². The lowest BCUT2D eigenvalue weighted by atomic mass is 10.2. The Morgan fingerprint density at radius 2 is 1.00 bits per heavy atom. The van der Waals surface area contributed by atoms with Crippen molar-refractivity contribution in [3.8, 4) is 0 Å². The Morgan fingerprint density at radius 1 is 0.650 bits per heavy atom. The summed E-state index contributed by atoms with van der Waals surface area (Å²) in [5.74, 6) is 1.96. The minimum Gasteiger partial charge on any atom is -0.358 e. The minimum absolute atomic E-state index is 0. The van der Waals surface area contributed by atoms with Crippen LogP contribution in [-0.4, -0.2) is 0 Å². The van der Waals surface area contributed by atoms with Gasteiger partial charge in [0.25, 0.3) is 0 Å². The second-order valence-corrected chi connectivity index (χ2v) is 6.20. The first-order valence-electron chi connectivity index (χ1n) is 6.13. The topological polar surface area (TPSA) is 11.3 Å². The fourth-order valence-corrected chi connectivity index (χ4v) is 2.99. The summed E-state index contributed by atoms with van der Waals surface area (Å²) in [6.07, 6.45) is 0. The Morgan fingerprint density at radius 3 is 1.30 bits per heavy atom. The highest BCUT2D eigenvalue weighted by molar-refractivity contribution is 7.11. The van der Waals surface area contributed by atoms with Crippen LogP contribution in [0.15, 0.2) is 28.7 Å². The molecule has 2 aromatic heterocycles. The van der Waals surface area contributed by atoms with E-state index in [0.717, 1.165) is 11.5 Å². The van der Waals surface area contributed by atoms with Crippen LogP contribution >= 0.6 is 11.3 Å². The predicted octanol–water partition coefficient (Wildman–Crippen LogP) is 6.34. The summed E-state index contributed by atoms with van der Waals surface area (Å²) in [6, 6.07) is 8.45. The molecule has 2 aromatic rings. The third-order valence-electron chi connectivity index (χ3n) is 2.37. The van der Waals surface area contributed by atoms with Crippen molar-refractivity contribution in [2.75, 3.05) is 0 Å². The molecule has 0 fully saturated rings. The quantitative estimate of drug-likeness (QED) is 0.407. The number of aryl methyl sites for hydroxylation is 6. The van der Waals surface area contributed by atoms with Crippen LogP contribution in [0, 0.1) is 56.4 Å². The van der Waals surface area contributed by atoms with Crippen molar-refractivity contribution in [2.24, 2.45) is 0 Å². The van der Waals surface area contributed by atoms with Crippen LogP contribution in [0.2, 0.25) is 0 Å². The van der Waals surface area contributed by atoms with Crippen LogP contribution < -0.4 is 0 Å². The van der Waals surface area contributed by atoms with E-state index in [-0.39, 0.29) is 14.9 Å². The molecule has 0 radical (unpaired) electrons. The van der Waals surface area contributed by atoms with Crippen molar-refractivity contribution in [1.29, 1.82) is 0 Å². The molecule has 0 atom stereocenters. The van der Waals surface area contributed by atoms with Gasteiger partial charge in [0.2, 0.25) is 21.1 Å². The van der Waals surface area contributed by atoms with Gasteiger partial charge in [0.1, 0.15) is 0 Å². The molecule has 0 spiro atoms. The highest BCUT2D eigenvalue weighted by Crippen LogP contribution is 2.13. The number of hydrogen-bond acceptors (Lipinski definition) is 0. The van der Waals surface area contributed by atoms with Gasteiger partial charge in [-0.3, -0.25) is 0 Å². The average molecular weight is 292 g/mol. The van der Waals surface area contributed by atoms with Gasteiger partial charge in [-0.25, -0.2) is 4.42 Å². The molecule has 0 saturated heterocycles. The highest BCUT2D eigenvalue weighted by Gasteiger charge is 2.03. The fourth-order valence-electron chi connectivity index (χ4n) is 1.99. The first kappa shape index (κ1) is 21.0. The Hall–Kier alpha value is -1.28. The number of rotatable bonds is 0. The molecular formula is C18H28OS. The van der Waals surface area contributed by atoms with E-state index in [1.807, 2.05) is 37.3 Å². The van der Waals surface area contributed by atoms with Crippen LogP contribution in [0.25, 0.3) is 0 Å². The Bertz CT molecular complexity index is 382. The van der Waals surface area contributed by atoms with E-state index < -0.39 is 0 Å². The van der Waals surface area contributed by atoms with E-state index in [9.17, 15) is 0 Å². The lowest BCUT2D eigenvalue weighted by Crippen LogP contribution is -1.78. The molecule has 1 nitrogen and oxygen atoms in total. The molecule has 0 bridgehead atoms. The molecule has 0 N–H and O–H groups in total. The predicted molar refractivity (Wildman–Crippen MR) is 93.1 cm³/mol. The van der Waals surface area contributed by atoms with Crippen LogP contribution in [0.1, 0.15) is 32.4 Å². The van der Waals surface area contributed by atoms with E-state index >= 15 is 0 Å². The van der Waals surface area contributed by atoms with Crippen LogP contribution in [0.3, 0.4) is 0 Å². The second kappa shape index (κ2) is 9.60. The summed E-state index contributed by atoms with van der Waals surface area (Å²) in [5, 5.41) is 0. The van der Waals surface area contributed by atoms with Crippen molar-refractivity contribution in [3.63, 3.8) is 0 Å². The zero-order chi connectivity index (χ0) is 13.7. The maximum atomic E-state index is 5.26. The highest BCUT2D eigenvalue weighted by atomic mass is 32.1. The van der Waals surface area contributed by atoms with Crippen molar-refractivity contribution < 1.29 is 4.42 Å². The molecular weight excluding hydrogens is 264 g/mol. The van der Waals surface area contributed by atoms with E-state index in [1.165, 1.54) is 20.9 Å². The molecule has 2 heteroatoms. The Labute approximate surface area is 129 Å². The molecule has 20 heavy (non-hydrogen) atoms. The van der Waals surface area contributed by atoms with Gasteiger partial charge in [-0.15, -0.1) is 0 Å². The molecule has 0 aliphatic rings. The summed E-state index contributed by atoms with van der Waals surface area (Å²) in [7, 11) is 0. The summed E-state index contributed by atoms with van der Waals surface area (Å²) in [6.45, 7) is 12.4. The van der Waals surface area contributed by atoms with Crippen molar-refractivity contribution in [1.82, 2.24) is 0 Å². The fraction of sp³-hybridized carbons (Fsp3) is 0.333. The zero-order valence-corrected chi connectivity index (χ0v) is 14.9. The summed E-state index contributed by atoms with van der Waals surface area (Å²) in [4.78, 5) is 2.79. The monoisotopic (exact) mass is 292 g/mol. The summed E-state index contributed by atoms with van der Waals surface area (Å²) < 4.78 is 5.26. The summed E-state index contributed by atoms with van der Waals surface area (Å²) in [5.41, 5.74) is 2.63. The maximum Gasteiger partial charge on any atom is 0.326 e. The van der Waals surface area contributed by atoms with Crippen LogP contribution in [0.4, 0.5) is 0 Å². The lowest BCUT2D eigenvalue weighted by Gasteiger charge is -1.84. The van der Waals surface area contributed by atoms with Gasteiger partial charge in [0.05, 0.1) is 13.8 Å². The molecule has 112 valence electrons. The molecule has 0 aromatic carbocycles. The molecule has 0 unspecified atom stereocenters. The standard InChI is InChI=1S/C8H11O.C8H11S.2CH3/c2*1-6-4-7(2)9-8(3)5-6;;/h2*4-5H,1-3H3;2*1H3/q2*+1;2*-1. The van der Waals surface area contributed by atoms with Gasteiger partial charge < -0.3 is 14.9 Å². The number of hydrogen-bond donors (Lipinski definition) is 0. The molecule has 2 rings (SSSR count). The van der Waals surface area contributed by atoms with Gasteiger partial charge >= 0.3 is 11.5 Å². The third-order valence-corrected chi connectivity index (χ3v) is 3.25. The average Bonchev–Trinajstić information content (AvgIpc) is 2.12.